The maximum atomic E-state index is 12.2. The van der Waals surface area contributed by atoms with Gasteiger partial charge in [-0.15, -0.1) is 0 Å². The van der Waals surface area contributed by atoms with Crippen LogP contribution in [0.4, 0.5) is 0 Å². The quantitative estimate of drug-likeness (QED) is 0.397. The Balaban J connectivity index is 0.000000222. The van der Waals surface area contributed by atoms with Crippen LogP contribution >= 0.6 is 0 Å². The van der Waals surface area contributed by atoms with Gasteiger partial charge >= 0.3 is 5.97 Å². The lowest BCUT2D eigenvalue weighted by atomic mass is 9.77. The Hall–Kier alpha value is -2.33. The van der Waals surface area contributed by atoms with Gasteiger partial charge in [0.1, 0.15) is 11.5 Å². The van der Waals surface area contributed by atoms with Crippen molar-refractivity contribution in [3.05, 3.63) is 59.7 Å². The minimum Gasteiger partial charge on any atom is -0.508 e. The van der Waals surface area contributed by atoms with Crippen LogP contribution in [-0.2, 0) is 9.53 Å². The van der Waals surface area contributed by atoms with Crippen molar-refractivity contribution in [1.29, 1.82) is 0 Å². The fourth-order valence-electron chi connectivity index (χ4n) is 4.26. The molecule has 32 heavy (non-hydrogen) atoms. The highest BCUT2D eigenvalue weighted by molar-refractivity contribution is 5.75. The Morgan fingerprint density at radius 3 is 2.00 bits per heavy atom. The van der Waals surface area contributed by atoms with E-state index in [1.165, 1.54) is 11.1 Å². The number of carbonyl (C=O) groups excluding carboxylic acids is 1. The van der Waals surface area contributed by atoms with Crippen LogP contribution in [0.15, 0.2) is 48.5 Å². The number of ether oxygens (including phenoxy) is 2. The predicted octanol–water partition coefficient (Wildman–Crippen LogP) is 6.83. The van der Waals surface area contributed by atoms with Crippen molar-refractivity contribution in [2.45, 2.75) is 77.7 Å². The van der Waals surface area contributed by atoms with E-state index in [4.69, 9.17) is 14.6 Å². The van der Waals surface area contributed by atoms with Gasteiger partial charge in [-0.3, -0.25) is 4.79 Å². The third-order valence-electron chi connectivity index (χ3n) is 7.14. The van der Waals surface area contributed by atoms with Gasteiger partial charge in [-0.2, -0.15) is 0 Å². The first-order valence-electron chi connectivity index (χ1n) is 12.1. The zero-order valence-corrected chi connectivity index (χ0v) is 19.9. The van der Waals surface area contributed by atoms with Crippen LogP contribution < -0.4 is 4.74 Å². The van der Waals surface area contributed by atoms with Crippen LogP contribution in [0, 0.1) is 11.8 Å². The van der Waals surface area contributed by atoms with Crippen molar-refractivity contribution in [2.24, 2.45) is 11.8 Å². The van der Waals surface area contributed by atoms with E-state index in [9.17, 15) is 4.79 Å². The van der Waals surface area contributed by atoms with Crippen LogP contribution in [0.5, 0.6) is 11.5 Å². The van der Waals surface area contributed by atoms with Crippen molar-refractivity contribution in [2.75, 3.05) is 6.61 Å². The van der Waals surface area contributed by atoms with E-state index in [-0.39, 0.29) is 11.9 Å². The Morgan fingerprint density at radius 2 is 1.53 bits per heavy atom. The van der Waals surface area contributed by atoms with E-state index >= 15 is 0 Å². The molecule has 1 saturated heterocycles. The smallest absolute Gasteiger partial charge is 0.314 e. The largest absolute Gasteiger partial charge is 0.508 e. The van der Waals surface area contributed by atoms with Crippen molar-refractivity contribution >= 4 is 5.97 Å². The number of hydrogen-bond acceptors (Lipinski definition) is 4. The topological polar surface area (TPSA) is 55.8 Å². The van der Waals surface area contributed by atoms with Crippen molar-refractivity contribution in [3.8, 4) is 11.5 Å². The molecule has 5 unspecified atom stereocenters. The molecule has 2 aromatic rings. The van der Waals surface area contributed by atoms with Crippen molar-refractivity contribution in [3.63, 3.8) is 0 Å². The van der Waals surface area contributed by atoms with Gasteiger partial charge < -0.3 is 14.6 Å². The Morgan fingerprint density at radius 1 is 0.969 bits per heavy atom. The molecule has 174 valence electrons. The van der Waals surface area contributed by atoms with Gasteiger partial charge in [0.25, 0.3) is 0 Å². The summed E-state index contributed by atoms with van der Waals surface area (Å²) < 4.78 is 11.0. The van der Waals surface area contributed by atoms with Crippen molar-refractivity contribution < 1.29 is 19.4 Å². The summed E-state index contributed by atoms with van der Waals surface area (Å²) >= 11 is 0. The SMILES string of the molecule is CCC(C)c1ccc(O)cc1.CCC(C)c1ccc(OC(=O)C2CCC3COC3C2)cc1. The molecule has 5 atom stereocenters. The fourth-order valence-corrected chi connectivity index (χ4v) is 4.26. The van der Waals surface area contributed by atoms with E-state index < -0.39 is 0 Å². The van der Waals surface area contributed by atoms with Gasteiger partial charge in [-0.1, -0.05) is 52.0 Å². The van der Waals surface area contributed by atoms with Gasteiger partial charge in [-0.05, 0) is 79.3 Å². The molecule has 0 bridgehead atoms. The molecule has 0 spiro atoms. The number of benzene rings is 2. The molecule has 1 aliphatic heterocycles. The van der Waals surface area contributed by atoms with Crippen LogP contribution in [0.3, 0.4) is 0 Å². The fraction of sp³-hybridized carbons (Fsp3) is 0.536. The van der Waals surface area contributed by atoms with Crippen LogP contribution in [0.25, 0.3) is 0 Å². The van der Waals surface area contributed by atoms with Crippen LogP contribution in [-0.4, -0.2) is 23.8 Å². The third kappa shape index (κ3) is 6.35. The number of fused-ring (bicyclic) bond motifs is 1. The van der Waals surface area contributed by atoms with E-state index in [1.54, 1.807) is 12.1 Å². The maximum Gasteiger partial charge on any atom is 0.314 e. The zero-order chi connectivity index (χ0) is 23.1. The van der Waals surface area contributed by atoms with Gasteiger partial charge in [0, 0.05) is 5.92 Å². The van der Waals surface area contributed by atoms with Crippen LogP contribution in [0.1, 0.15) is 82.8 Å². The molecule has 1 heterocycles. The second-order valence-corrected chi connectivity index (χ2v) is 9.34. The summed E-state index contributed by atoms with van der Waals surface area (Å²) in [7, 11) is 0. The molecule has 0 radical (unpaired) electrons. The number of phenols is 1. The van der Waals surface area contributed by atoms with Gasteiger partial charge in [-0.25, -0.2) is 0 Å². The third-order valence-corrected chi connectivity index (χ3v) is 7.14. The summed E-state index contributed by atoms with van der Waals surface area (Å²) in [4.78, 5) is 12.2. The number of aromatic hydroxyl groups is 1. The predicted molar refractivity (Wildman–Crippen MR) is 128 cm³/mol. The maximum absolute atomic E-state index is 12.2. The molecule has 4 nitrogen and oxygen atoms in total. The van der Waals surface area contributed by atoms with E-state index in [0.717, 1.165) is 38.7 Å². The van der Waals surface area contributed by atoms with E-state index in [1.807, 2.05) is 24.3 Å². The summed E-state index contributed by atoms with van der Waals surface area (Å²) in [6.45, 7) is 9.61. The molecule has 2 aromatic carbocycles. The molecule has 2 fully saturated rings. The molecule has 4 heteroatoms. The zero-order valence-electron chi connectivity index (χ0n) is 19.9. The molecule has 0 amide bonds. The van der Waals surface area contributed by atoms with E-state index in [0.29, 0.717) is 35.4 Å². The number of carbonyl (C=O) groups is 1. The van der Waals surface area contributed by atoms with Crippen molar-refractivity contribution in [1.82, 2.24) is 0 Å². The number of esters is 1. The second kappa shape index (κ2) is 11.5. The number of hydrogen-bond donors (Lipinski definition) is 1. The van der Waals surface area contributed by atoms with E-state index in [2.05, 4.69) is 39.8 Å². The molecule has 1 N–H and O–H groups in total. The lowest BCUT2D eigenvalue weighted by Gasteiger charge is -2.42. The number of phenolic OH excluding ortho intramolecular Hbond substituents is 1. The summed E-state index contributed by atoms with van der Waals surface area (Å²) in [6.07, 6.45) is 5.42. The average molecular weight is 439 g/mol. The highest BCUT2D eigenvalue weighted by Crippen LogP contribution is 2.38. The summed E-state index contributed by atoms with van der Waals surface area (Å²) in [5, 5.41) is 9.01. The Kier molecular flexibility index (Phi) is 8.75. The summed E-state index contributed by atoms with van der Waals surface area (Å²) in [6, 6.07) is 15.4. The van der Waals surface area contributed by atoms with Gasteiger partial charge in [0.15, 0.2) is 0 Å². The normalized spacial score (nSPS) is 23.6. The first-order valence-corrected chi connectivity index (χ1v) is 12.1. The molecule has 1 saturated carbocycles. The summed E-state index contributed by atoms with van der Waals surface area (Å²) in [5.74, 6) is 2.72. The first-order chi connectivity index (χ1) is 15.4. The molecule has 0 aromatic heterocycles. The molecule has 4 rings (SSSR count). The molecular formula is C28H38O4. The highest BCUT2D eigenvalue weighted by atomic mass is 16.5. The number of rotatable bonds is 6. The first kappa shape index (κ1) is 24.3. The standard InChI is InChI=1S/C18H24O3.C10H14O/c1-3-12(2)13-6-8-16(9-7-13)21-18(19)14-4-5-15-11-20-17(15)10-14;1-3-8(2)9-4-6-10(11)7-5-9/h6-9,12,14-15,17H,3-5,10-11H2,1-2H3;4-8,11H,3H2,1-2H3. The minimum absolute atomic E-state index is 0.000733. The van der Waals surface area contributed by atoms with Gasteiger partial charge in [0.05, 0.1) is 18.6 Å². The second-order valence-electron chi connectivity index (χ2n) is 9.34. The Labute approximate surface area is 193 Å². The highest BCUT2D eigenvalue weighted by Gasteiger charge is 2.40. The monoisotopic (exact) mass is 438 g/mol. The lowest BCUT2D eigenvalue weighted by Crippen LogP contribution is -2.46. The average Bonchev–Trinajstić information content (AvgIpc) is 2.80. The summed E-state index contributed by atoms with van der Waals surface area (Å²) in [5.41, 5.74) is 2.59. The van der Waals surface area contributed by atoms with Crippen LogP contribution in [0.2, 0.25) is 0 Å². The molecule has 2 aliphatic rings. The Bertz CT molecular complexity index is 843. The van der Waals surface area contributed by atoms with Gasteiger partial charge in [0.2, 0.25) is 0 Å². The lowest BCUT2D eigenvalue weighted by molar-refractivity contribution is -0.162. The molecule has 1 aliphatic carbocycles. The molecular weight excluding hydrogens is 400 g/mol. The minimum atomic E-state index is -0.0970.